The van der Waals surface area contributed by atoms with E-state index in [-0.39, 0.29) is 37.6 Å². The van der Waals surface area contributed by atoms with Crippen molar-refractivity contribution in [2.45, 2.75) is 62.2 Å². The number of primary amides is 1. The smallest absolute Gasteiger partial charge is 0.327 e. The summed E-state index contributed by atoms with van der Waals surface area (Å²) in [6.45, 7) is 5.66. The number of aliphatic imine (C=N–C) groups is 1. The van der Waals surface area contributed by atoms with Crippen LogP contribution in [0.3, 0.4) is 0 Å². The van der Waals surface area contributed by atoms with E-state index in [0.717, 1.165) is 0 Å². The van der Waals surface area contributed by atoms with Crippen molar-refractivity contribution in [2.75, 3.05) is 19.8 Å². The number of nitrogens with zero attached hydrogens (tertiary/aromatic N) is 5. The van der Waals surface area contributed by atoms with Crippen molar-refractivity contribution in [3.63, 3.8) is 0 Å². The Bertz CT molecular complexity index is 1070. The van der Waals surface area contributed by atoms with Gasteiger partial charge in [-0.15, -0.1) is 0 Å². The van der Waals surface area contributed by atoms with Gasteiger partial charge in [-0.3, -0.25) is 19.6 Å². The molecule has 1 amide bonds. The van der Waals surface area contributed by atoms with Crippen molar-refractivity contribution < 1.29 is 33.6 Å². The summed E-state index contributed by atoms with van der Waals surface area (Å²) in [5.41, 5.74) is 5.56. The maximum atomic E-state index is 12.3. The van der Waals surface area contributed by atoms with Crippen molar-refractivity contribution in [3.8, 4) is 6.01 Å². The van der Waals surface area contributed by atoms with Crippen LogP contribution < -0.4 is 10.5 Å². The zero-order chi connectivity index (χ0) is 24.9. The first kappa shape index (κ1) is 23.9. The molecular weight excluding hydrogens is 480 g/mol. The molecule has 3 N–H and O–H groups in total. The minimum atomic E-state index is -0.700. The minimum absolute atomic E-state index is 0.0801. The van der Waals surface area contributed by atoms with Crippen molar-refractivity contribution in [3.05, 3.63) is 18.0 Å². The number of aliphatic hydroxyl groups is 1. The van der Waals surface area contributed by atoms with Crippen LogP contribution in [0, 0.1) is 0 Å². The number of ether oxygens (including phenoxy) is 4. The van der Waals surface area contributed by atoms with E-state index in [0.29, 0.717) is 10.6 Å². The molecule has 2 saturated heterocycles. The standard InChI is InChI=1S/C21H26N6O7S/c1-21(2,3)34-12(29)6-27-19-14(13(26-27)17(22)30)25-18(35-19)9-4-23-20(24-5-9)33-11-8-32-15-10(28)7-31-16(11)15/h4-5,10-11,14-16,19,28H,6-8H2,1-3H3,(H2,22,30)/t10-,11-,14?,15?,16-,19?/m1/s1. The quantitative estimate of drug-likeness (QED) is 0.457. The molecule has 4 aliphatic heterocycles. The monoisotopic (exact) mass is 506 g/mol. The Morgan fingerprint density at radius 3 is 2.63 bits per heavy atom. The number of nitrogens with two attached hydrogens (primary N) is 1. The summed E-state index contributed by atoms with van der Waals surface area (Å²) < 4.78 is 22.3. The number of hydrazone groups is 1. The fourth-order valence-corrected chi connectivity index (χ4v) is 5.42. The highest BCUT2D eigenvalue weighted by atomic mass is 32.2. The number of esters is 1. The lowest BCUT2D eigenvalue weighted by Crippen LogP contribution is -2.38. The average Bonchev–Trinajstić information content (AvgIpc) is 3.52. The average molecular weight is 507 g/mol. The van der Waals surface area contributed by atoms with Gasteiger partial charge in [-0.2, -0.15) is 5.10 Å². The molecule has 13 nitrogen and oxygen atoms in total. The van der Waals surface area contributed by atoms with Crippen molar-refractivity contribution in [2.24, 2.45) is 15.8 Å². The van der Waals surface area contributed by atoms with Crippen LogP contribution in [0.4, 0.5) is 0 Å². The molecule has 14 heteroatoms. The Morgan fingerprint density at radius 1 is 1.23 bits per heavy atom. The zero-order valence-corrected chi connectivity index (χ0v) is 20.2. The number of hydrogen-bond donors (Lipinski definition) is 2. The van der Waals surface area contributed by atoms with Crippen LogP contribution in [-0.2, 0) is 23.8 Å². The second kappa shape index (κ2) is 9.00. The van der Waals surface area contributed by atoms with E-state index in [2.05, 4.69) is 20.1 Å². The molecule has 1 aromatic heterocycles. The molecule has 35 heavy (non-hydrogen) atoms. The molecule has 0 bridgehead atoms. The Labute approximate surface area is 205 Å². The third-order valence-corrected chi connectivity index (χ3v) is 6.95. The van der Waals surface area contributed by atoms with Crippen LogP contribution in [0.25, 0.3) is 0 Å². The summed E-state index contributed by atoms with van der Waals surface area (Å²) >= 11 is 1.33. The number of fused-ring (bicyclic) bond motifs is 2. The first-order valence-electron chi connectivity index (χ1n) is 11.1. The summed E-state index contributed by atoms with van der Waals surface area (Å²) in [4.78, 5) is 37.4. The topological polar surface area (TPSA) is 171 Å². The molecule has 0 saturated carbocycles. The fraction of sp³-hybridized carbons (Fsp3) is 0.619. The number of aromatic nitrogens is 2. The molecule has 3 unspecified atom stereocenters. The molecule has 0 aromatic carbocycles. The van der Waals surface area contributed by atoms with E-state index in [1.54, 1.807) is 33.2 Å². The summed E-state index contributed by atoms with van der Waals surface area (Å²) in [6.07, 6.45) is 1.25. The van der Waals surface area contributed by atoms with Gasteiger partial charge in [0, 0.05) is 18.0 Å². The molecule has 4 aliphatic rings. The van der Waals surface area contributed by atoms with E-state index in [1.807, 2.05) is 0 Å². The van der Waals surface area contributed by atoms with Crippen molar-refractivity contribution in [1.82, 2.24) is 15.0 Å². The molecule has 6 atom stereocenters. The van der Waals surface area contributed by atoms with Gasteiger partial charge in [0.2, 0.25) is 0 Å². The molecule has 0 aliphatic carbocycles. The van der Waals surface area contributed by atoms with Gasteiger partial charge >= 0.3 is 12.0 Å². The molecular formula is C21H26N6O7S. The highest BCUT2D eigenvalue weighted by molar-refractivity contribution is 8.15. The van der Waals surface area contributed by atoms with E-state index in [1.165, 1.54) is 16.8 Å². The molecule has 2 fully saturated rings. The van der Waals surface area contributed by atoms with Crippen LogP contribution >= 0.6 is 11.8 Å². The summed E-state index contributed by atoms with van der Waals surface area (Å²) in [5, 5.41) is 15.7. The number of rotatable bonds is 6. The molecule has 0 radical (unpaired) electrons. The first-order valence-corrected chi connectivity index (χ1v) is 12.0. The predicted octanol–water partition coefficient (Wildman–Crippen LogP) is -0.931. The highest BCUT2D eigenvalue weighted by Crippen LogP contribution is 2.37. The summed E-state index contributed by atoms with van der Waals surface area (Å²) in [5.74, 6) is -1.17. The third kappa shape index (κ3) is 4.83. The van der Waals surface area contributed by atoms with Gasteiger partial charge < -0.3 is 29.8 Å². The van der Waals surface area contributed by atoms with Crippen LogP contribution in [-0.4, -0.2) is 104 Å². The fourth-order valence-electron chi connectivity index (χ4n) is 4.21. The summed E-state index contributed by atoms with van der Waals surface area (Å²) in [7, 11) is 0. The van der Waals surface area contributed by atoms with Crippen molar-refractivity contribution >= 4 is 34.4 Å². The normalized spacial score (nSPS) is 31.6. The number of carbonyl (C=O) groups is 2. The van der Waals surface area contributed by atoms with Crippen LogP contribution in [0.1, 0.15) is 26.3 Å². The highest BCUT2D eigenvalue weighted by Gasteiger charge is 2.49. The largest absolute Gasteiger partial charge is 0.459 e. The minimum Gasteiger partial charge on any atom is -0.459 e. The zero-order valence-electron chi connectivity index (χ0n) is 19.4. The SMILES string of the molecule is CC(C)(C)OC(=O)CN1N=C(C(N)=O)C2N=C(c3cnc(O[C@@H]4COC5[C@H](O)CO[C@@H]54)nc3)SC21. The number of thioether (sulfide) groups is 1. The number of amides is 1. The second-order valence-electron chi connectivity index (χ2n) is 9.49. The van der Waals surface area contributed by atoms with Crippen LogP contribution in [0.2, 0.25) is 0 Å². The predicted molar refractivity (Wildman–Crippen MR) is 123 cm³/mol. The lowest BCUT2D eigenvalue weighted by molar-refractivity contribution is -0.156. The molecule has 5 heterocycles. The van der Waals surface area contributed by atoms with Gasteiger partial charge in [0.1, 0.15) is 46.9 Å². The van der Waals surface area contributed by atoms with E-state index in [9.17, 15) is 14.7 Å². The van der Waals surface area contributed by atoms with Crippen molar-refractivity contribution in [1.29, 1.82) is 0 Å². The van der Waals surface area contributed by atoms with E-state index in [4.69, 9.17) is 24.7 Å². The summed E-state index contributed by atoms with van der Waals surface area (Å²) in [6, 6.07) is -0.480. The maximum Gasteiger partial charge on any atom is 0.327 e. The Balaban J connectivity index is 1.26. The molecule has 188 valence electrons. The van der Waals surface area contributed by atoms with E-state index >= 15 is 0 Å². The number of hydrogen-bond acceptors (Lipinski definition) is 13. The number of aliphatic hydroxyl groups excluding tert-OH is 1. The third-order valence-electron chi connectivity index (χ3n) is 5.65. The lowest BCUT2D eigenvalue weighted by atomic mass is 10.1. The second-order valence-corrected chi connectivity index (χ2v) is 10.6. The Morgan fingerprint density at radius 2 is 1.94 bits per heavy atom. The Kier molecular flexibility index (Phi) is 6.15. The van der Waals surface area contributed by atoms with Gasteiger partial charge in [-0.05, 0) is 20.8 Å². The van der Waals surface area contributed by atoms with Gasteiger partial charge in [0.15, 0.2) is 11.8 Å². The number of carbonyl (C=O) groups excluding carboxylic acids is 2. The maximum absolute atomic E-state index is 12.3. The van der Waals surface area contributed by atoms with Gasteiger partial charge in [0.25, 0.3) is 5.91 Å². The first-order chi connectivity index (χ1) is 16.6. The van der Waals surface area contributed by atoms with Gasteiger partial charge in [-0.25, -0.2) is 9.97 Å². The van der Waals surface area contributed by atoms with E-state index < -0.39 is 47.2 Å². The molecule has 0 spiro atoms. The van der Waals surface area contributed by atoms with Gasteiger partial charge in [-0.1, -0.05) is 11.8 Å². The van der Waals surface area contributed by atoms with Crippen LogP contribution in [0.5, 0.6) is 6.01 Å². The molecule has 5 rings (SSSR count). The molecule has 1 aromatic rings. The Hall–Kier alpha value is -2.81. The van der Waals surface area contributed by atoms with Gasteiger partial charge in [0.05, 0.1) is 13.2 Å². The van der Waals surface area contributed by atoms with Crippen LogP contribution in [0.15, 0.2) is 22.5 Å². The lowest BCUT2D eigenvalue weighted by Gasteiger charge is -2.24.